The van der Waals surface area contributed by atoms with E-state index in [1.54, 1.807) is 13.8 Å². The molecule has 1 unspecified atom stereocenters. The third-order valence-corrected chi connectivity index (χ3v) is 2.27. The first-order valence-corrected chi connectivity index (χ1v) is 5.65. The molecule has 1 N–H and O–H groups in total. The highest BCUT2D eigenvalue weighted by molar-refractivity contribution is 5.44. The molecular formula is C12H14F4O3. The van der Waals surface area contributed by atoms with Gasteiger partial charge < -0.3 is 14.6 Å². The van der Waals surface area contributed by atoms with E-state index in [0.717, 1.165) is 12.1 Å². The number of aliphatic hydroxyl groups is 1. The average molecular weight is 282 g/mol. The Kier molecular flexibility index (Phi) is 4.99. The van der Waals surface area contributed by atoms with Gasteiger partial charge >= 0.3 is 6.18 Å². The van der Waals surface area contributed by atoms with Gasteiger partial charge in [-0.3, -0.25) is 0 Å². The molecule has 0 spiro atoms. The summed E-state index contributed by atoms with van der Waals surface area (Å²) in [4.78, 5) is 0. The van der Waals surface area contributed by atoms with Crippen molar-refractivity contribution < 1.29 is 32.1 Å². The van der Waals surface area contributed by atoms with Crippen molar-refractivity contribution in [2.24, 2.45) is 0 Å². The molecule has 1 atom stereocenters. The lowest BCUT2D eigenvalue weighted by molar-refractivity contribution is -0.207. The van der Waals surface area contributed by atoms with Crippen LogP contribution in [0.25, 0.3) is 0 Å². The van der Waals surface area contributed by atoms with Gasteiger partial charge in [0.25, 0.3) is 0 Å². The lowest BCUT2D eigenvalue weighted by atomic mass is 10.1. The van der Waals surface area contributed by atoms with E-state index in [-0.39, 0.29) is 24.7 Å². The fraction of sp³-hybridized carbons (Fsp3) is 0.500. The minimum absolute atomic E-state index is 0.0000236. The second-order valence-electron chi connectivity index (χ2n) is 3.63. The van der Waals surface area contributed by atoms with Gasteiger partial charge in [-0.15, -0.1) is 0 Å². The first-order valence-electron chi connectivity index (χ1n) is 5.65. The van der Waals surface area contributed by atoms with Crippen molar-refractivity contribution in [1.82, 2.24) is 0 Å². The Hall–Kier alpha value is -1.50. The summed E-state index contributed by atoms with van der Waals surface area (Å²) in [6.07, 6.45) is -7.85. The second-order valence-corrected chi connectivity index (χ2v) is 3.63. The Bertz CT molecular complexity index is 432. The average Bonchev–Trinajstić information content (AvgIpc) is 2.31. The van der Waals surface area contributed by atoms with E-state index >= 15 is 0 Å². The Labute approximate surface area is 107 Å². The van der Waals surface area contributed by atoms with Crippen molar-refractivity contribution >= 4 is 0 Å². The molecule has 1 aromatic rings. The van der Waals surface area contributed by atoms with E-state index in [4.69, 9.17) is 14.6 Å². The van der Waals surface area contributed by atoms with Crippen LogP contribution in [0.3, 0.4) is 0 Å². The molecule has 3 nitrogen and oxygen atoms in total. The van der Waals surface area contributed by atoms with Gasteiger partial charge in [-0.2, -0.15) is 13.2 Å². The number of hydrogen-bond acceptors (Lipinski definition) is 3. The summed E-state index contributed by atoms with van der Waals surface area (Å²) in [5.74, 6) is -1.24. The summed E-state index contributed by atoms with van der Waals surface area (Å²) in [6.45, 7) is 3.65. The van der Waals surface area contributed by atoms with Gasteiger partial charge in [0.1, 0.15) is 5.82 Å². The number of benzene rings is 1. The molecule has 0 heterocycles. The van der Waals surface area contributed by atoms with E-state index < -0.39 is 23.7 Å². The maximum atomic E-state index is 13.6. The molecule has 0 fully saturated rings. The van der Waals surface area contributed by atoms with Crippen LogP contribution >= 0.6 is 0 Å². The molecule has 19 heavy (non-hydrogen) atoms. The van der Waals surface area contributed by atoms with Crippen LogP contribution in [0.2, 0.25) is 0 Å². The summed E-state index contributed by atoms with van der Waals surface area (Å²) in [5.41, 5.74) is -0.889. The van der Waals surface area contributed by atoms with Gasteiger partial charge in [0, 0.05) is 11.6 Å². The third-order valence-electron chi connectivity index (χ3n) is 2.27. The van der Waals surface area contributed by atoms with Gasteiger partial charge in [0.2, 0.25) is 0 Å². The van der Waals surface area contributed by atoms with Crippen LogP contribution in [-0.4, -0.2) is 24.5 Å². The highest BCUT2D eigenvalue weighted by atomic mass is 19.4. The van der Waals surface area contributed by atoms with Crippen LogP contribution in [0.15, 0.2) is 12.1 Å². The van der Waals surface area contributed by atoms with E-state index in [0.29, 0.717) is 0 Å². The predicted octanol–water partition coefficient (Wildman–Crippen LogP) is 3.22. The molecule has 0 aliphatic heterocycles. The molecule has 0 aromatic heterocycles. The van der Waals surface area contributed by atoms with Gasteiger partial charge in [-0.25, -0.2) is 4.39 Å². The van der Waals surface area contributed by atoms with Gasteiger partial charge in [0.15, 0.2) is 17.6 Å². The SMILES string of the molecule is CCOc1cc(F)c(C(O)C(F)(F)F)cc1OCC. The van der Waals surface area contributed by atoms with Crippen molar-refractivity contribution in [2.45, 2.75) is 26.1 Å². The number of halogens is 4. The smallest absolute Gasteiger partial charge is 0.418 e. The molecule has 0 radical (unpaired) electrons. The van der Waals surface area contributed by atoms with Gasteiger partial charge in [0.05, 0.1) is 13.2 Å². The molecule has 0 saturated heterocycles. The largest absolute Gasteiger partial charge is 0.490 e. The van der Waals surface area contributed by atoms with Crippen molar-refractivity contribution in [3.05, 3.63) is 23.5 Å². The van der Waals surface area contributed by atoms with E-state index in [1.165, 1.54) is 0 Å². The first kappa shape index (κ1) is 15.6. The molecule has 0 saturated carbocycles. The molecule has 108 valence electrons. The van der Waals surface area contributed by atoms with Crippen molar-refractivity contribution in [2.75, 3.05) is 13.2 Å². The van der Waals surface area contributed by atoms with Crippen LogP contribution in [0.4, 0.5) is 17.6 Å². The second kappa shape index (κ2) is 6.10. The minimum atomic E-state index is -4.95. The summed E-state index contributed by atoms with van der Waals surface area (Å²) in [7, 11) is 0. The Balaban J connectivity index is 3.23. The number of alkyl halides is 3. The van der Waals surface area contributed by atoms with E-state index in [2.05, 4.69) is 0 Å². The lowest BCUT2D eigenvalue weighted by Crippen LogP contribution is -2.21. The molecule has 0 amide bonds. The van der Waals surface area contributed by atoms with Crippen LogP contribution in [0.1, 0.15) is 25.5 Å². The van der Waals surface area contributed by atoms with Gasteiger partial charge in [-0.1, -0.05) is 0 Å². The fourth-order valence-electron chi connectivity index (χ4n) is 1.47. The molecular weight excluding hydrogens is 268 g/mol. The third kappa shape index (κ3) is 3.73. The van der Waals surface area contributed by atoms with Gasteiger partial charge in [-0.05, 0) is 19.9 Å². The molecule has 0 aliphatic rings. The molecule has 1 rings (SSSR count). The van der Waals surface area contributed by atoms with Crippen LogP contribution in [0.5, 0.6) is 11.5 Å². The highest BCUT2D eigenvalue weighted by Gasteiger charge is 2.41. The zero-order chi connectivity index (χ0) is 14.6. The van der Waals surface area contributed by atoms with Crippen LogP contribution in [0, 0.1) is 5.82 Å². The molecule has 1 aromatic carbocycles. The summed E-state index contributed by atoms with van der Waals surface area (Å²) < 4.78 is 60.9. The topological polar surface area (TPSA) is 38.7 Å². The van der Waals surface area contributed by atoms with E-state index in [9.17, 15) is 17.6 Å². The quantitative estimate of drug-likeness (QED) is 0.843. The van der Waals surface area contributed by atoms with E-state index in [1.807, 2.05) is 0 Å². The van der Waals surface area contributed by atoms with Crippen LogP contribution < -0.4 is 9.47 Å². The maximum Gasteiger partial charge on any atom is 0.418 e. The van der Waals surface area contributed by atoms with Crippen LogP contribution in [-0.2, 0) is 0 Å². The zero-order valence-electron chi connectivity index (χ0n) is 10.4. The highest BCUT2D eigenvalue weighted by Crippen LogP contribution is 2.38. The maximum absolute atomic E-state index is 13.6. The normalized spacial score (nSPS) is 13.2. The summed E-state index contributed by atoms with van der Waals surface area (Å²) in [5, 5.41) is 9.09. The molecule has 0 bridgehead atoms. The number of ether oxygens (including phenoxy) is 2. The lowest BCUT2D eigenvalue weighted by Gasteiger charge is -2.18. The fourth-order valence-corrected chi connectivity index (χ4v) is 1.47. The standard InChI is InChI=1S/C12H14F4O3/c1-3-18-9-5-7(11(17)12(14,15)16)8(13)6-10(9)19-4-2/h5-6,11,17H,3-4H2,1-2H3. The van der Waals surface area contributed by atoms with Crippen molar-refractivity contribution in [1.29, 1.82) is 0 Å². The Morgan fingerprint density at radius 2 is 1.58 bits per heavy atom. The van der Waals surface area contributed by atoms with Crippen molar-refractivity contribution in [3.8, 4) is 11.5 Å². The predicted molar refractivity (Wildman–Crippen MR) is 59.8 cm³/mol. The summed E-state index contributed by atoms with van der Waals surface area (Å²) >= 11 is 0. The number of rotatable bonds is 5. The minimum Gasteiger partial charge on any atom is -0.490 e. The monoisotopic (exact) mass is 282 g/mol. The molecule has 0 aliphatic carbocycles. The molecule has 7 heteroatoms. The number of hydrogen-bond donors (Lipinski definition) is 1. The number of aliphatic hydroxyl groups excluding tert-OH is 1. The summed E-state index contributed by atoms with van der Waals surface area (Å²) in [6, 6.07) is 1.58. The first-order chi connectivity index (χ1) is 8.81. The van der Waals surface area contributed by atoms with Crippen molar-refractivity contribution in [3.63, 3.8) is 0 Å². The Morgan fingerprint density at radius 3 is 2.00 bits per heavy atom. The Morgan fingerprint density at radius 1 is 1.11 bits per heavy atom. The zero-order valence-corrected chi connectivity index (χ0v) is 10.4.